The summed E-state index contributed by atoms with van der Waals surface area (Å²) in [6.45, 7) is 3.45. The van der Waals surface area contributed by atoms with Crippen molar-refractivity contribution in [3.63, 3.8) is 0 Å². The third-order valence-electron chi connectivity index (χ3n) is 3.18. The first kappa shape index (κ1) is 16.7. The maximum atomic E-state index is 12.0. The second-order valence-electron chi connectivity index (χ2n) is 4.90. The third kappa shape index (κ3) is 4.97. The van der Waals surface area contributed by atoms with Crippen molar-refractivity contribution < 1.29 is 22.4 Å². The lowest BCUT2D eigenvalue weighted by molar-refractivity contribution is -0.116. The topological polar surface area (TPSA) is 88.9 Å². The SMILES string of the molecule is Cc1ccc(/C=C/C(=O)NCCS(=O)(=O)N2CCOCC2)o1. The molecule has 22 heavy (non-hydrogen) atoms. The van der Waals surface area contributed by atoms with E-state index in [1.165, 1.54) is 10.4 Å². The fourth-order valence-electron chi connectivity index (χ4n) is 2.02. The van der Waals surface area contributed by atoms with Gasteiger partial charge >= 0.3 is 0 Å². The van der Waals surface area contributed by atoms with Gasteiger partial charge in [0.2, 0.25) is 15.9 Å². The molecular weight excluding hydrogens is 308 g/mol. The summed E-state index contributed by atoms with van der Waals surface area (Å²) < 4.78 is 35.9. The van der Waals surface area contributed by atoms with E-state index in [0.717, 1.165) is 5.76 Å². The summed E-state index contributed by atoms with van der Waals surface area (Å²) in [7, 11) is -3.35. The van der Waals surface area contributed by atoms with E-state index in [9.17, 15) is 13.2 Å². The van der Waals surface area contributed by atoms with Crippen molar-refractivity contribution in [2.24, 2.45) is 0 Å². The van der Waals surface area contributed by atoms with Crippen LogP contribution >= 0.6 is 0 Å². The van der Waals surface area contributed by atoms with Crippen LogP contribution in [0.4, 0.5) is 0 Å². The molecule has 1 N–H and O–H groups in total. The van der Waals surface area contributed by atoms with E-state index in [4.69, 9.17) is 9.15 Å². The number of amides is 1. The molecule has 0 spiro atoms. The van der Waals surface area contributed by atoms with E-state index < -0.39 is 10.0 Å². The first-order valence-electron chi connectivity index (χ1n) is 7.05. The van der Waals surface area contributed by atoms with Gasteiger partial charge in [-0.15, -0.1) is 0 Å². The molecule has 0 aromatic carbocycles. The van der Waals surface area contributed by atoms with E-state index in [-0.39, 0.29) is 18.2 Å². The van der Waals surface area contributed by atoms with Crippen molar-refractivity contribution in [2.75, 3.05) is 38.6 Å². The first-order valence-corrected chi connectivity index (χ1v) is 8.66. The van der Waals surface area contributed by atoms with Crippen LogP contribution < -0.4 is 5.32 Å². The molecule has 0 radical (unpaired) electrons. The zero-order valence-corrected chi connectivity index (χ0v) is 13.3. The van der Waals surface area contributed by atoms with Crippen molar-refractivity contribution in [3.05, 3.63) is 29.7 Å². The number of carbonyl (C=O) groups excluding carboxylic acids is 1. The average Bonchev–Trinajstić information content (AvgIpc) is 2.91. The van der Waals surface area contributed by atoms with Crippen molar-refractivity contribution >= 4 is 22.0 Å². The molecule has 1 saturated heterocycles. The van der Waals surface area contributed by atoms with Gasteiger partial charge in [-0.05, 0) is 25.1 Å². The molecule has 7 nitrogen and oxygen atoms in total. The summed E-state index contributed by atoms with van der Waals surface area (Å²) in [6, 6.07) is 3.55. The smallest absolute Gasteiger partial charge is 0.244 e. The minimum Gasteiger partial charge on any atom is -0.462 e. The Morgan fingerprint density at radius 1 is 1.36 bits per heavy atom. The van der Waals surface area contributed by atoms with E-state index in [2.05, 4.69) is 5.32 Å². The Balaban J connectivity index is 1.75. The maximum absolute atomic E-state index is 12.0. The fraction of sp³-hybridized carbons (Fsp3) is 0.500. The van der Waals surface area contributed by atoms with Crippen molar-refractivity contribution in [2.45, 2.75) is 6.92 Å². The van der Waals surface area contributed by atoms with Crippen LogP contribution in [0.3, 0.4) is 0 Å². The number of hydrogen-bond acceptors (Lipinski definition) is 5. The summed E-state index contributed by atoms with van der Waals surface area (Å²) in [5.74, 6) is 0.864. The van der Waals surface area contributed by atoms with Crippen LogP contribution in [0.15, 0.2) is 22.6 Å². The monoisotopic (exact) mass is 328 g/mol. The Hall–Kier alpha value is -1.64. The molecule has 2 rings (SSSR count). The van der Waals surface area contributed by atoms with Crippen LogP contribution in [0.5, 0.6) is 0 Å². The van der Waals surface area contributed by atoms with Crippen molar-refractivity contribution in [1.82, 2.24) is 9.62 Å². The predicted octanol–water partition coefficient (Wildman–Crippen LogP) is 0.379. The molecule has 1 aliphatic heterocycles. The Labute approximate surface area is 130 Å². The zero-order valence-electron chi connectivity index (χ0n) is 12.4. The predicted molar refractivity (Wildman–Crippen MR) is 81.7 cm³/mol. The van der Waals surface area contributed by atoms with E-state index in [1.54, 1.807) is 18.2 Å². The second kappa shape index (κ2) is 7.57. The molecule has 2 heterocycles. The van der Waals surface area contributed by atoms with Gasteiger partial charge in [-0.1, -0.05) is 0 Å². The van der Waals surface area contributed by atoms with Gasteiger partial charge in [-0.25, -0.2) is 8.42 Å². The standard InChI is InChI=1S/C14H20N2O5S/c1-12-2-3-13(21-12)4-5-14(17)15-6-11-22(18,19)16-7-9-20-10-8-16/h2-5H,6-11H2,1H3,(H,15,17)/b5-4+. The molecule has 1 aromatic heterocycles. The highest BCUT2D eigenvalue weighted by Gasteiger charge is 2.23. The van der Waals surface area contributed by atoms with Gasteiger partial charge in [0.05, 0.1) is 19.0 Å². The molecule has 0 atom stereocenters. The molecule has 122 valence electrons. The number of carbonyl (C=O) groups is 1. The summed E-state index contributed by atoms with van der Waals surface area (Å²) in [5, 5.41) is 2.55. The molecule has 8 heteroatoms. The number of hydrogen-bond donors (Lipinski definition) is 1. The largest absolute Gasteiger partial charge is 0.462 e. The Kier molecular flexibility index (Phi) is 5.76. The number of nitrogens with one attached hydrogen (secondary N) is 1. The van der Waals surface area contributed by atoms with Gasteiger partial charge in [0.15, 0.2) is 0 Å². The van der Waals surface area contributed by atoms with E-state index in [1.807, 2.05) is 6.92 Å². The van der Waals surface area contributed by atoms with Crippen LogP contribution in [0.25, 0.3) is 6.08 Å². The number of rotatable bonds is 6. The summed E-state index contributed by atoms with van der Waals surface area (Å²) in [6.07, 6.45) is 2.86. The number of morpholine rings is 1. The normalized spacial score (nSPS) is 17.0. The molecule has 0 saturated carbocycles. The average molecular weight is 328 g/mol. The summed E-state index contributed by atoms with van der Waals surface area (Å²) in [4.78, 5) is 11.6. The Morgan fingerprint density at radius 3 is 2.73 bits per heavy atom. The highest BCUT2D eigenvalue weighted by atomic mass is 32.2. The number of ether oxygens (including phenoxy) is 1. The highest BCUT2D eigenvalue weighted by molar-refractivity contribution is 7.89. The third-order valence-corrected chi connectivity index (χ3v) is 5.05. The quantitative estimate of drug-likeness (QED) is 0.763. The molecule has 1 amide bonds. The fourth-order valence-corrected chi connectivity index (χ4v) is 3.34. The van der Waals surface area contributed by atoms with Gasteiger partial charge < -0.3 is 14.5 Å². The number of sulfonamides is 1. The molecule has 1 fully saturated rings. The molecule has 0 bridgehead atoms. The van der Waals surface area contributed by atoms with Crippen LogP contribution in [-0.4, -0.2) is 57.2 Å². The van der Waals surface area contributed by atoms with E-state index in [0.29, 0.717) is 32.1 Å². The Morgan fingerprint density at radius 2 is 2.09 bits per heavy atom. The summed E-state index contributed by atoms with van der Waals surface area (Å²) >= 11 is 0. The molecule has 1 aromatic rings. The minimum absolute atomic E-state index is 0.0695. The first-order chi connectivity index (χ1) is 10.5. The molecule has 0 unspecified atom stereocenters. The van der Waals surface area contributed by atoms with Crippen molar-refractivity contribution in [3.8, 4) is 0 Å². The number of furan rings is 1. The minimum atomic E-state index is -3.35. The van der Waals surface area contributed by atoms with Crippen LogP contribution in [0, 0.1) is 6.92 Å². The van der Waals surface area contributed by atoms with Gasteiger partial charge in [-0.2, -0.15) is 4.31 Å². The lowest BCUT2D eigenvalue weighted by atomic mass is 10.4. The zero-order chi connectivity index (χ0) is 16.0. The summed E-state index contributed by atoms with van der Waals surface area (Å²) in [5.41, 5.74) is 0. The van der Waals surface area contributed by atoms with Gasteiger partial charge in [-0.3, -0.25) is 4.79 Å². The molecule has 1 aliphatic rings. The molecular formula is C14H20N2O5S. The van der Waals surface area contributed by atoms with Crippen molar-refractivity contribution in [1.29, 1.82) is 0 Å². The van der Waals surface area contributed by atoms with Crippen LogP contribution in [-0.2, 0) is 19.6 Å². The van der Waals surface area contributed by atoms with Gasteiger partial charge in [0.1, 0.15) is 11.5 Å². The van der Waals surface area contributed by atoms with Crippen LogP contribution in [0.1, 0.15) is 11.5 Å². The lowest BCUT2D eigenvalue weighted by Crippen LogP contribution is -2.43. The lowest BCUT2D eigenvalue weighted by Gasteiger charge is -2.25. The Bertz CT molecular complexity index is 629. The van der Waals surface area contributed by atoms with Gasteiger partial charge in [0, 0.05) is 25.7 Å². The maximum Gasteiger partial charge on any atom is 0.244 e. The van der Waals surface area contributed by atoms with E-state index >= 15 is 0 Å². The number of aryl methyl sites for hydroxylation is 1. The highest BCUT2D eigenvalue weighted by Crippen LogP contribution is 2.07. The molecule has 0 aliphatic carbocycles. The number of nitrogens with zero attached hydrogens (tertiary/aromatic N) is 1. The van der Waals surface area contributed by atoms with Crippen LogP contribution in [0.2, 0.25) is 0 Å². The van der Waals surface area contributed by atoms with Gasteiger partial charge in [0.25, 0.3) is 0 Å². The second-order valence-corrected chi connectivity index (χ2v) is 6.99.